The molecule has 35 heavy (non-hydrogen) atoms. The smallest absolute Gasteiger partial charge is 0.231 e. The summed E-state index contributed by atoms with van der Waals surface area (Å²) in [5.41, 5.74) is -1.19. The first-order valence-electron chi connectivity index (χ1n) is 13.1. The molecule has 0 aromatic heterocycles. The Hall–Kier alpha value is -2.15. The molecule has 2 bridgehead atoms. The van der Waals surface area contributed by atoms with Crippen molar-refractivity contribution in [3.05, 3.63) is 41.5 Å². The number of azo groups is 1. The van der Waals surface area contributed by atoms with Gasteiger partial charge in [-0.15, -0.1) is 0 Å². The normalized spacial score (nSPS) is 34.1. The van der Waals surface area contributed by atoms with E-state index in [1.165, 1.54) is 18.2 Å². The van der Waals surface area contributed by atoms with Gasteiger partial charge in [-0.3, -0.25) is 4.79 Å². The molecule has 4 aliphatic rings. The zero-order valence-corrected chi connectivity index (χ0v) is 21.9. The number of carbonyl (C=O) groups excluding carboxylic acids is 1. The van der Waals surface area contributed by atoms with E-state index in [4.69, 9.17) is 4.74 Å². The molecule has 7 heteroatoms. The number of fused-ring (bicyclic) bond motifs is 2. The number of allylic oxidation sites excluding steroid dienone is 1. The van der Waals surface area contributed by atoms with Gasteiger partial charge in [0.05, 0.1) is 35.8 Å². The fraction of sp³-hybridized carbons (Fsp3) is 0.679. The predicted octanol–water partition coefficient (Wildman–Crippen LogP) is 6.64. The van der Waals surface area contributed by atoms with E-state index in [-0.39, 0.29) is 40.0 Å². The lowest BCUT2D eigenvalue weighted by Gasteiger charge is -2.54. The lowest BCUT2D eigenvalue weighted by atomic mass is 9.58. The second-order valence-corrected chi connectivity index (χ2v) is 11.0. The SMILES string of the molecule is CC.CC1/C=C(/c2c(F)cccc2F)N=NC(C)C2(C(=O)N3CC4(CCCO4)C3)CCC1C2(C)C. The summed E-state index contributed by atoms with van der Waals surface area (Å²) < 4.78 is 35.1. The average molecular weight is 488 g/mol. The highest BCUT2D eigenvalue weighted by Crippen LogP contribution is 2.62. The highest BCUT2D eigenvalue weighted by molar-refractivity contribution is 5.86. The fourth-order valence-corrected chi connectivity index (χ4v) is 7.23. The van der Waals surface area contributed by atoms with E-state index < -0.39 is 23.1 Å². The van der Waals surface area contributed by atoms with Crippen LogP contribution in [-0.4, -0.2) is 42.1 Å². The first-order chi connectivity index (χ1) is 16.6. The molecule has 0 N–H and O–H groups in total. The number of ether oxygens (including phenoxy) is 1. The molecule has 1 aromatic rings. The Morgan fingerprint density at radius 3 is 2.37 bits per heavy atom. The first-order valence-corrected chi connectivity index (χ1v) is 13.1. The molecule has 1 aromatic carbocycles. The van der Waals surface area contributed by atoms with Crippen LogP contribution in [0, 0.1) is 34.3 Å². The summed E-state index contributed by atoms with van der Waals surface area (Å²) in [7, 11) is 0. The summed E-state index contributed by atoms with van der Waals surface area (Å²) >= 11 is 0. The molecule has 5 nitrogen and oxygen atoms in total. The van der Waals surface area contributed by atoms with Gasteiger partial charge in [0.15, 0.2) is 0 Å². The Balaban J connectivity index is 0.00000141. The quantitative estimate of drug-likeness (QED) is 0.470. The highest BCUT2D eigenvalue weighted by Gasteiger charge is 2.65. The number of hydrogen-bond acceptors (Lipinski definition) is 4. The molecule has 192 valence electrons. The minimum Gasteiger partial charge on any atom is -0.371 e. The molecular weight excluding hydrogens is 448 g/mol. The van der Waals surface area contributed by atoms with Gasteiger partial charge in [-0.2, -0.15) is 10.2 Å². The second kappa shape index (κ2) is 9.38. The van der Waals surface area contributed by atoms with Gasteiger partial charge in [-0.05, 0) is 62.0 Å². The molecule has 1 saturated carbocycles. The second-order valence-electron chi connectivity index (χ2n) is 11.0. The summed E-state index contributed by atoms with van der Waals surface area (Å²) in [6.45, 7) is 14.4. The van der Waals surface area contributed by atoms with Gasteiger partial charge in [0.2, 0.25) is 5.91 Å². The molecule has 1 amide bonds. The van der Waals surface area contributed by atoms with Crippen LogP contribution in [0.5, 0.6) is 0 Å². The van der Waals surface area contributed by atoms with Crippen molar-refractivity contribution in [2.24, 2.45) is 32.9 Å². The minimum atomic E-state index is -0.716. The van der Waals surface area contributed by atoms with E-state index in [0.717, 1.165) is 32.3 Å². The monoisotopic (exact) mass is 487 g/mol. The Labute approximate surface area is 208 Å². The van der Waals surface area contributed by atoms with Crippen molar-refractivity contribution < 1.29 is 18.3 Å². The maximum absolute atomic E-state index is 14.6. The van der Waals surface area contributed by atoms with Crippen molar-refractivity contribution in [2.45, 2.75) is 78.9 Å². The van der Waals surface area contributed by atoms with Crippen molar-refractivity contribution in [1.29, 1.82) is 0 Å². The van der Waals surface area contributed by atoms with Crippen molar-refractivity contribution in [3.8, 4) is 0 Å². The summed E-state index contributed by atoms with van der Waals surface area (Å²) in [6, 6.07) is 3.40. The van der Waals surface area contributed by atoms with Crippen LogP contribution in [0.3, 0.4) is 0 Å². The molecule has 5 rings (SSSR count). The average Bonchev–Trinajstić information content (AvgIpc) is 3.40. The van der Waals surface area contributed by atoms with E-state index in [0.29, 0.717) is 13.1 Å². The number of hydrogen-bond donors (Lipinski definition) is 0. The lowest BCUT2D eigenvalue weighted by Crippen LogP contribution is -2.68. The lowest BCUT2D eigenvalue weighted by molar-refractivity contribution is -0.176. The van der Waals surface area contributed by atoms with Gasteiger partial charge < -0.3 is 9.64 Å². The van der Waals surface area contributed by atoms with E-state index in [9.17, 15) is 13.6 Å². The van der Waals surface area contributed by atoms with Gasteiger partial charge in [0.25, 0.3) is 0 Å². The van der Waals surface area contributed by atoms with Gasteiger partial charge in [-0.25, -0.2) is 8.78 Å². The van der Waals surface area contributed by atoms with E-state index >= 15 is 0 Å². The summed E-state index contributed by atoms with van der Waals surface area (Å²) in [5.74, 6) is -1.05. The van der Waals surface area contributed by atoms with Crippen LogP contribution in [0.1, 0.15) is 72.8 Å². The van der Waals surface area contributed by atoms with Crippen molar-refractivity contribution in [1.82, 2.24) is 4.90 Å². The Morgan fingerprint density at radius 2 is 1.77 bits per heavy atom. The van der Waals surface area contributed by atoms with Crippen molar-refractivity contribution in [3.63, 3.8) is 0 Å². The number of halogens is 2. The summed E-state index contributed by atoms with van der Waals surface area (Å²) in [5, 5.41) is 8.92. The third kappa shape index (κ3) is 3.94. The van der Waals surface area contributed by atoms with Crippen LogP contribution in [0.15, 0.2) is 34.5 Å². The zero-order chi connectivity index (χ0) is 25.6. The molecule has 1 spiro atoms. The number of rotatable bonds is 2. The number of nitrogens with zero attached hydrogens (tertiary/aromatic N) is 3. The van der Waals surface area contributed by atoms with Crippen LogP contribution < -0.4 is 0 Å². The zero-order valence-electron chi connectivity index (χ0n) is 21.9. The molecule has 3 heterocycles. The molecule has 3 aliphatic heterocycles. The largest absolute Gasteiger partial charge is 0.371 e. The predicted molar refractivity (Wildman–Crippen MR) is 133 cm³/mol. The Bertz CT molecular complexity index is 1000. The standard InChI is InChI=1S/C26H33F2N3O2.C2H6/c1-16-13-21(22-19(27)7-5-8-20(22)28)30-29-17(2)26(11-9-18(16)24(26,3)4)23(32)31-14-25(15-31)10-6-12-33-25;1-2/h5,7-8,13,16-18H,6,9-12,14-15H2,1-4H3;1-2H3/b21-13-,30-29?;. The minimum absolute atomic E-state index is 0.0196. The first kappa shape index (κ1) is 25.9. The molecule has 3 fully saturated rings. The van der Waals surface area contributed by atoms with Gasteiger partial charge >= 0.3 is 0 Å². The van der Waals surface area contributed by atoms with Gasteiger partial charge in [0, 0.05) is 6.61 Å². The molecule has 0 radical (unpaired) electrons. The summed E-state index contributed by atoms with van der Waals surface area (Å²) in [4.78, 5) is 16.0. The molecule has 1 aliphatic carbocycles. The number of amides is 1. The number of benzene rings is 1. The third-order valence-corrected chi connectivity index (χ3v) is 9.06. The maximum Gasteiger partial charge on any atom is 0.231 e. The Morgan fingerprint density at radius 1 is 1.11 bits per heavy atom. The van der Waals surface area contributed by atoms with Crippen LogP contribution >= 0.6 is 0 Å². The van der Waals surface area contributed by atoms with Crippen molar-refractivity contribution in [2.75, 3.05) is 19.7 Å². The number of likely N-dealkylation sites (tertiary alicyclic amines) is 1. The van der Waals surface area contributed by atoms with Crippen molar-refractivity contribution >= 4 is 11.6 Å². The van der Waals surface area contributed by atoms with E-state index in [1.54, 1.807) is 0 Å². The van der Waals surface area contributed by atoms with Crippen LogP contribution in [0.4, 0.5) is 8.78 Å². The van der Waals surface area contributed by atoms with Crippen LogP contribution in [0.25, 0.3) is 5.70 Å². The third-order valence-electron chi connectivity index (χ3n) is 9.06. The molecule has 2 saturated heterocycles. The van der Waals surface area contributed by atoms with Crippen LogP contribution in [0.2, 0.25) is 0 Å². The summed E-state index contributed by atoms with van der Waals surface area (Å²) in [6.07, 6.45) is 5.48. The topological polar surface area (TPSA) is 54.3 Å². The van der Waals surface area contributed by atoms with Gasteiger partial charge in [-0.1, -0.05) is 46.8 Å². The molecule has 4 unspecified atom stereocenters. The highest BCUT2D eigenvalue weighted by atomic mass is 19.1. The number of carbonyl (C=O) groups is 1. The van der Waals surface area contributed by atoms with E-state index in [1.807, 2.05) is 31.7 Å². The molecular formula is C28H39F2N3O2. The molecule has 4 atom stereocenters. The van der Waals surface area contributed by atoms with Crippen LogP contribution in [-0.2, 0) is 9.53 Å². The van der Waals surface area contributed by atoms with E-state index in [2.05, 4.69) is 31.0 Å². The Kier molecular flexibility index (Phi) is 6.95. The van der Waals surface area contributed by atoms with Gasteiger partial charge in [0.1, 0.15) is 17.2 Å². The maximum atomic E-state index is 14.6. The fourth-order valence-electron chi connectivity index (χ4n) is 7.23.